The van der Waals surface area contributed by atoms with Crippen molar-refractivity contribution in [3.8, 4) is 5.75 Å². The number of amides is 1. The average molecular weight is 328 g/mol. The maximum atomic E-state index is 11.9. The number of ether oxygens (including phenoxy) is 1. The number of nitrogens with one attached hydrogen (secondary N) is 2. The number of carbonyl (C=O) groups excluding carboxylic acids is 1. The molecule has 1 aliphatic heterocycles. The number of rotatable bonds is 7. The van der Waals surface area contributed by atoms with Crippen molar-refractivity contribution in [3.63, 3.8) is 0 Å². The van der Waals surface area contributed by atoms with Crippen LogP contribution in [-0.2, 0) is 11.2 Å². The predicted octanol–water partition coefficient (Wildman–Crippen LogP) is 1.07. The van der Waals surface area contributed by atoms with Crippen LogP contribution in [0.15, 0.2) is 24.3 Å². The molecule has 1 aromatic carbocycles. The molecule has 0 aromatic heterocycles. The summed E-state index contributed by atoms with van der Waals surface area (Å²) in [6, 6.07) is 7.62. The summed E-state index contributed by atoms with van der Waals surface area (Å²) in [6.45, 7) is 6.18. The quantitative estimate of drug-likeness (QED) is 0.736. The van der Waals surface area contributed by atoms with E-state index in [1.807, 2.05) is 24.3 Å². The van der Waals surface area contributed by atoms with Crippen LogP contribution in [0.3, 0.4) is 0 Å². The molecule has 0 radical (unpaired) electrons. The Balaban J connectivity index is 0.00000242. The average Bonchev–Trinajstić information content (AvgIpc) is 2.53. The summed E-state index contributed by atoms with van der Waals surface area (Å²) in [6.07, 6.45) is 1.44. The lowest BCUT2D eigenvalue weighted by Gasteiger charge is -2.27. The van der Waals surface area contributed by atoms with Crippen molar-refractivity contribution in [2.45, 2.75) is 12.8 Å². The Morgan fingerprint density at radius 1 is 1.27 bits per heavy atom. The highest BCUT2D eigenvalue weighted by molar-refractivity contribution is 5.85. The van der Waals surface area contributed by atoms with Crippen molar-refractivity contribution in [2.75, 3.05) is 46.4 Å². The van der Waals surface area contributed by atoms with E-state index in [4.69, 9.17) is 4.74 Å². The van der Waals surface area contributed by atoms with Crippen molar-refractivity contribution >= 4 is 18.3 Å². The van der Waals surface area contributed by atoms with E-state index in [-0.39, 0.29) is 18.3 Å². The molecule has 5 nitrogen and oxygen atoms in total. The van der Waals surface area contributed by atoms with Gasteiger partial charge in [-0.15, -0.1) is 12.4 Å². The third-order valence-corrected chi connectivity index (χ3v) is 3.71. The van der Waals surface area contributed by atoms with Gasteiger partial charge in [-0.3, -0.25) is 4.79 Å². The number of benzene rings is 1. The lowest BCUT2D eigenvalue weighted by Crippen LogP contribution is -2.44. The monoisotopic (exact) mass is 327 g/mol. The van der Waals surface area contributed by atoms with E-state index >= 15 is 0 Å². The molecular formula is C16H26ClN3O2. The minimum Gasteiger partial charge on any atom is -0.497 e. The zero-order valence-electron chi connectivity index (χ0n) is 13.1. The first-order valence-corrected chi connectivity index (χ1v) is 7.60. The number of nitrogens with zero attached hydrogens (tertiary/aromatic N) is 1. The fraction of sp³-hybridized carbons (Fsp3) is 0.562. The molecule has 0 aliphatic carbocycles. The highest BCUT2D eigenvalue weighted by Gasteiger charge is 2.09. The molecule has 2 rings (SSSR count). The van der Waals surface area contributed by atoms with Crippen LogP contribution in [-0.4, -0.2) is 57.2 Å². The molecular weight excluding hydrogens is 302 g/mol. The van der Waals surface area contributed by atoms with E-state index in [9.17, 15) is 4.79 Å². The van der Waals surface area contributed by atoms with Crippen LogP contribution in [0.4, 0.5) is 0 Å². The zero-order valence-corrected chi connectivity index (χ0v) is 14.0. The first kappa shape index (κ1) is 18.7. The number of piperazine rings is 1. The molecule has 1 fully saturated rings. The summed E-state index contributed by atoms with van der Waals surface area (Å²) >= 11 is 0. The van der Waals surface area contributed by atoms with Gasteiger partial charge >= 0.3 is 0 Å². The number of hydrogen-bond donors (Lipinski definition) is 2. The lowest BCUT2D eigenvalue weighted by atomic mass is 10.1. The van der Waals surface area contributed by atoms with Crippen LogP contribution in [0.5, 0.6) is 5.75 Å². The third-order valence-electron chi connectivity index (χ3n) is 3.71. The Morgan fingerprint density at radius 3 is 2.59 bits per heavy atom. The molecule has 0 atom stereocenters. The van der Waals surface area contributed by atoms with E-state index in [1.165, 1.54) is 0 Å². The molecule has 6 heteroatoms. The Bertz CT molecular complexity index is 434. The SMILES string of the molecule is COc1ccc(CC(=O)NCCCN2CCNCC2)cc1.Cl. The molecule has 1 amide bonds. The van der Waals surface area contributed by atoms with Gasteiger partial charge < -0.3 is 20.3 Å². The topological polar surface area (TPSA) is 53.6 Å². The van der Waals surface area contributed by atoms with Gasteiger partial charge in [-0.1, -0.05) is 12.1 Å². The van der Waals surface area contributed by atoms with E-state index in [0.29, 0.717) is 6.42 Å². The lowest BCUT2D eigenvalue weighted by molar-refractivity contribution is -0.120. The van der Waals surface area contributed by atoms with E-state index in [0.717, 1.165) is 57.0 Å². The third kappa shape index (κ3) is 6.64. The number of hydrogen-bond acceptors (Lipinski definition) is 4. The maximum absolute atomic E-state index is 11.9. The largest absolute Gasteiger partial charge is 0.497 e. The first-order valence-electron chi connectivity index (χ1n) is 7.60. The molecule has 0 spiro atoms. The van der Waals surface area contributed by atoms with Gasteiger partial charge in [0.05, 0.1) is 13.5 Å². The Morgan fingerprint density at radius 2 is 1.95 bits per heavy atom. The molecule has 124 valence electrons. The maximum Gasteiger partial charge on any atom is 0.224 e. The van der Waals surface area contributed by atoms with Gasteiger partial charge in [-0.2, -0.15) is 0 Å². The van der Waals surface area contributed by atoms with Crippen molar-refractivity contribution in [1.29, 1.82) is 0 Å². The first-order chi connectivity index (χ1) is 10.3. The van der Waals surface area contributed by atoms with E-state index in [2.05, 4.69) is 15.5 Å². The summed E-state index contributed by atoms with van der Waals surface area (Å²) < 4.78 is 5.10. The van der Waals surface area contributed by atoms with Crippen LogP contribution in [0.2, 0.25) is 0 Å². The van der Waals surface area contributed by atoms with Gasteiger partial charge in [0.1, 0.15) is 5.75 Å². The molecule has 1 aliphatic rings. The summed E-state index contributed by atoms with van der Waals surface area (Å²) in [4.78, 5) is 14.3. The van der Waals surface area contributed by atoms with Gasteiger partial charge in [0.25, 0.3) is 0 Å². The van der Waals surface area contributed by atoms with Crippen molar-refractivity contribution in [1.82, 2.24) is 15.5 Å². The molecule has 0 bridgehead atoms. The molecule has 1 saturated heterocycles. The number of carbonyl (C=O) groups is 1. The Hall–Kier alpha value is -1.30. The fourth-order valence-corrected chi connectivity index (χ4v) is 2.46. The molecule has 1 heterocycles. The molecule has 1 aromatic rings. The summed E-state index contributed by atoms with van der Waals surface area (Å²) in [5, 5.41) is 6.33. The van der Waals surface area contributed by atoms with Crippen molar-refractivity contribution in [2.24, 2.45) is 0 Å². The summed E-state index contributed by atoms with van der Waals surface area (Å²) in [5.41, 5.74) is 1.01. The second kappa shape index (κ2) is 10.4. The van der Waals surface area contributed by atoms with Crippen LogP contribution in [0.1, 0.15) is 12.0 Å². The highest BCUT2D eigenvalue weighted by Crippen LogP contribution is 2.11. The van der Waals surface area contributed by atoms with Gasteiger partial charge in [0.2, 0.25) is 5.91 Å². The van der Waals surface area contributed by atoms with Gasteiger partial charge in [0.15, 0.2) is 0 Å². The van der Waals surface area contributed by atoms with Gasteiger partial charge in [0, 0.05) is 32.7 Å². The molecule has 22 heavy (non-hydrogen) atoms. The minimum atomic E-state index is 0. The molecule has 0 saturated carbocycles. The predicted molar refractivity (Wildman–Crippen MR) is 90.9 cm³/mol. The van der Waals surface area contributed by atoms with Crippen LogP contribution in [0.25, 0.3) is 0 Å². The van der Waals surface area contributed by atoms with Gasteiger partial charge in [-0.05, 0) is 30.7 Å². The van der Waals surface area contributed by atoms with Crippen LogP contribution < -0.4 is 15.4 Å². The van der Waals surface area contributed by atoms with E-state index in [1.54, 1.807) is 7.11 Å². The van der Waals surface area contributed by atoms with Crippen molar-refractivity contribution in [3.05, 3.63) is 29.8 Å². The van der Waals surface area contributed by atoms with Crippen LogP contribution >= 0.6 is 12.4 Å². The van der Waals surface area contributed by atoms with Crippen molar-refractivity contribution < 1.29 is 9.53 Å². The number of methoxy groups -OCH3 is 1. The van der Waals surface area contributed by atoms with Gasteiger partial charge in [-0.25, -0.2) is 0 Å². The Kier molecular flexibility index (Phi) is 8.89. The smallest absolute Gasteiger partial charge is 0.224 e. The van der Waals surface area contributed by atoms with E-state index < -0.39 is 0 Å². The minimum absolute atomic E-state index is 0. The molecule has 2 N–H and O–H groups in total. The van der Waals surface area contributed by atoms with Crippen LogP contribution in [0, 0.1) is 0 Å². The molecule has 0 unspecified atom stereocenters. The fourth-order valence-electron chi connectivity index (χ4n) is 2.46. The summed E-state index contributed by atoms with van der Waals surface area (Å²) in [7, 11) is 1.64. The summed E-state index contributed by atoms with van der Waals surface area (Å²) in [5.74, 6) is 0.899. The Labute approximate surface area is 138 Å². The highest BCUT2D eigenvalue weighted by atomic mass is 35.5. The normalized spacial score (nSPS) is 15.0. The second-order valence-corrected chi connectivity index (χ2v) is 5.32. The number of halogens is 1. The second-order valence-electron chi connectivity index (χ2n) is 5.32. The standard InChI is InChI=1S/C16H25N3O2.ClH/c1-21-15-5-3-14(4-6-15)13-16(20)18-7-2-10-19-11-8-17-9-12-19;/h3-6,17H,2,7-13H2,1H3,(H,18,20);1H. The zero-order chi connectivity index (χ0) is 14.9.